The van der Waals surface area contributed by atoms with Crippen molar-refractivity contribution in [1.82, 2.24) is 10.3 Å². The molecule has 170 valence electrons. The lowest BCUT2D eigenvalue weighted by Gasteiger charge is -2.36. The zero-order valence-electron chi connectivity index (χ0n) is 19.1. The molecule has 1 aliphatic carbocycles. The van der Waals surface area contributed by atoms with Crippen molar-refractivity contribution in [2.24, 2.45) is 0 Å². The summed E-state index contributed by atoms with van der Waals surface area (Å²) in [5.74, 6) is 0.849. The van der Waals surface area contributed by atoms with Gasteiger partial charge in [-0.25, -0.2) is 4.98 Å². The molecule has 1 aromatic heterocycles. The summed E-state index contributed by atoms with van der Waals surface area (Å²) in [4.78, 5) is 31.6. The Morgan fingerprint density at radius 2 is 1.78 bits per heavy atom. The van der Waals surface area contributed by atoms with Gasteiger partial charge in [-0.3, -0.25) is 9.59 Å². The number of aromatic nitrogens is 1. The van der Waals surface area contributed by atoms with Gasteiger partial charge in [0.15, 0.2) is 5.78 Å². The molecule has 6 heteroatoms. The average Bonchev–Trinajstić information content (AvgIpc) is 2.80. The van der Waals surface area contributed by atoms with Gasteiger partial charge in [-0.05, 0) is 68.4 Å². The van der Waals surface area contributed by atoms with Gasteiger partial charge in [0.1, 0.15) is 5.82 Å². The number of pyridine rings is 1. The van der Waals surface area contributed by atoms with Crippen LogP contribution in [0.5, 0.6) is 0 Å². The SMILES string of the molecule is CC1CN(c2ccc(CNC(=O)CCC(=O)c3ccc4c(c3)CCCC4)cn2)CC(C)O1. The molecule has 2 atom stereocenters. The molecule has 1 fully saturated rings. The van der Waals surface area contributed by atoms with Gasteiger partial charge in [0.2, 0.25) is 5.91 Å². The number of nitrogens with one attached hydrogen (secondary N) is 1. The van der Waals surface area contributed by atoms with Crippen molar-refractivity contribution < 1.29 is 14.3 Å². The molecular formula is C26H33N3O3. The molecule has 1 aliphatic heterocycles. The van der Waals surface area contributed by atoms with E-state index in [2.05, 4.69) is 35.1 Å². The molecule has 6 nitrogen and oxygen atoms in total. The molecule has 1 aromatic carbocycles. The molecule has 1 saturated heterocycles. The quantitative estimate of drug-likeness (QED) is 0.669. The predicted octanol–water partition coefficient (Wildman–Crippen LogP) is 3.85. The van der Waals surface area contributed by atoms with Gasteiger partial charge in [-0.15, -0.1) is 0 Å². The summed E-state index contributed by atoms with van der Waals surface area (Å²) in [5.41, 5.74) is 4.33. The molecule has 1 amide bonds. The van der Waals surface area contributed by atoms with Crippen molar-refractivity contribution >= 4 is 17.5 Å². The highest BCUT2D eigenvalue weighted by molar-refractivity contribution is 5.98. The first-order chi connectivity index (χ1) is 15.5. The van der Waals surface area contributed by atoms with Crippen molar-refractivity contribution in [3.63, 3.8) is 0 Å². The Labute approximate surface area is 190 Å². The Morgan fingerprint density at radius 1 is 1.03 bits per heavy atom. The highest BCUT2D eigenvalue weighted by Gasteiger charge is 2.23. The number of Topliss-reactive ketones (excluding diaryl/α,β-unsaturated/α-hetero) is 1. The smallest absolute Gasteiger partial charge is 0.220 e. The van der Waals surface area contributed by atoms with Crippen LogP contribution in [0.15, 0.2) is 36.5 Å². The normalized spacial score (nSPS) is 20.5. The lowest BCUT2D eigenvalue weighted by Crippen LogP contribution is -2.45. The molecule has 2 unspecified atom stereocenters. The standard InChI is InChI=1S/C26H33N3O3/c1-18-16-29(17-19(2)32-18)25-11-7-20(14-27-25)15-28-26(31)12-10-24(30)23-9-8-21-5-3-4-6-22(21)13-23/h7-9,11,13-14,18-19H,3-6,10,12,15-17H2,1-2H3,(H,28,31). The zero-order valence-corrected chi connectivity index (χ0v) is 19.1. The number of carbonyl (C=O) groups excluding carboxylic acids is 2. The fourth-order valence-corrected chi connectivity index (χ4v) is 4.64. The molecule has 0 spiro atoms. The first kappa shape index (κ1) is 22.5. The summed E-state index contributed by atoms with van der Waals surface area (Å²) in [6.07, 6.45) is 7.17. The second kappa shape index (κ2) is 10.3. The number of fused-ring (bicyclic) bond motifs is 1. The number of hydrogen-bond acceptors (Lipinski definition) is 5. The Morgan fingerprint density at radius 3 is 2.50 bits per heavy atom. The Bertz CT molecular complexity index is 947. The van der Waals surface area contributed by atoms with E-state index < -0.39 is 0 Å². The zero-order chi connectivity index (χ0) is 22.5. The third-order valence-corrected chi connectivity index (χ3v) is 6.29. The van der Waals surface area contributed by atoms with Gasteiger partial charge in [0, 0.05) is 44.2 Å². The lowest BCUT2D eigenvalue weighted by molar-refractivity contribution is -0.121. The monoisotopic (exact) mass is 435 g/mol. The van der Waals surface area contributed by atoms with Gasteiger partial charge >= 0.3 is 0 Å². The molecule has 1 N–H and O–H groups in total. The van der Waals surface area contributed by atoms with Crippen molar-refractivity contribution in [3.8, 4) is 0 Å². The van der Waals surface area contributed by atoms with E-state index in [0.717, 1.165) is 42.9 Å². The van der Waals surface area contributed by atoms with Crippen molar-refractivity contribution in [2.45, 2.75) is 71.1 Å². The fourth-order valence-electron chi connectivity index (χ4n) is 4.64. The van der Waals surface area contributed by atoms with Crippen molar-refractivity contribution in [1.29, 1.82) is 0 Å². The van der Waals surface area contributed by atoms with Crippen LogP contribution < -0.4 is 10.2 Å². The van der Waals surface area contributed by atoms with Crippen LogP contribution in [0, 0.1) is 0 Å². The van der Waals surface area contributed by atoms with Crippen LogP contribution >= 0.6 is 0 Å². The predicted molar refractivity (Wildman–Crippen MR) is 125 cm³/mol. The molecule has 2 aliphatic rings. The first-order valence-corrected chi connectivity index (χ1v) is 11.7. The van der Waals surface area contributed by atoms with Crippen LogP contribution in [0.3, 0.4) is 0 Å². The number of hydrogen-bond donors (Lipinski definition) is 1. The first-order valence-electron chi connectivity index (χ1n) is 11.7. The minimum absolute atomic E-state index is 0.0357. The van der Waals surface area contributed by atoms with E-state index in [1.807, 2.05) is 24.3 Å². The van der Waals surface area contributed by atoms with Crippen LogP contribution in [0.1, 0.15) is 66.6 Å². The number of nitrogens with zero attached hydrogens (tertiary/aromatic N) is 2. The number of ketones is 1. The van der Waals surface area contributed by atoms with Crippen molar-refractivity contribution in [3.05, 3.63) is 58.8 Å². The lowest BCUT2D eigenvalue weighted by atomic mass is 9.89. The third-order valence-electron chi connectivity index (χ3n) is 6.29. The van der Waals surface area contributed by atoms with Crippen LogP contribution in [0.2, 0.25) is 0 Å². The molecule has 0 saturated carbocycles. The second-order valence-corrected chi connectivity index (χ2v) is 9.08. The van der Waals surface area contributed by atoms with Crippen LogP contribution in [-0.2, 0) is 28.9 Å². The van der Waals surface area contributed by atoms with E-state index in [1.165, 1.54) is 24.0 Å². The number of anilines is 1. The Kier molecular flexibility index (Phi) is 7.20. The van der Waals surface area contributed by atoms with E-state index in [-0.39, 0.29) is 36.7 Å². The molecule has 0 radical (unpaired) electrons. The topological polar surface area (TPSA) is 71.5 Å². The number of amides is 1. The molecule has 2 heterocycles. The van der Waals surface area contributed by atoms with Crippen LogP contribution in [0.4, 0.5) is 5.82 Å². The highest BCUT2D eigenvalue weighted by Crippen LogP contribution is 2.23. The maximum Gasteiger partial charge on any atom is 0.220 e. The summed E-state index contributed by atoms with van der Waals surface area (Å²) in [6, 6.07) is 10.00. The van der Waals surface area contributed by atoms with Gasteiger partial charge in [-0.2, -0.15) is 0 Å². The largest absolute Gasteiger partial charge is 0.372 e. The van der Waals surface area contributed by atoms with Crippen LogP contribution in [0.25, 0.3) is 0 Å². The summed E-state index contributed by atoms with van der Waals surface area (Å²) < 4.78 is 5.78. The maximum absolute atomic E-state index is 12.5. The molecule has 32 heavy (non-hydrogen) atoms. The Balaban J connectivity index is 1.23. The minimum Gasteiger partial charge on any atom is -0.372 e. The van der Waals surface area contributed by atoms with E-state index in [1.54, 1.807) is 6.20 Å². The second-order valence-electron chi connectivity index (χ2n) is 9.08. The number of ether oxygens (including phenoxy) is 1. The molecule has 0 bridgehead atoms. The fraction of sp³-hybridized carbons (Fsp3) is 0.500. The Hall–Kier alpha value is -2.73. The molecule has 2 aromatic rings. The number of rotatable bonds is 7. The maximum atomic E-state index is 12.5. The van der Waals surface area contributed by atoms with Crippen LogP contribution in [-0.4, -0.2) is 42.0 Å². The van der Waals surface area contributed by atoms with Gasteiger partial charge in [0.25, 0.3) is 0 Å². The van der Waals surface area contributed by atoms with E-state index in [0.29, 0.717) is 6.54 Å². The van der Waals surface area contributed by atoms with Gasteiger partial charge in [0.05, 0.1) is 12.2 Å². The number of aryl methyl sites for hydroxylation is 2. The van der Waals surface area contributed by atoms with Gasteiger partial charge < -0.3 is 15.0 Å². The third kappa shape index (κ3) is 5.74. The van der Waals surface area contributed by atoms with E-state index in [4.69, 9.17) is 4.74 Å². The number of morpholine rings is 1. The van der Waals surface area contributed by atoms with E-state index in [9.17, 15) is 9.59 Å². The highest BCUT2D eigenvalue weighted by atomic mass is 16.5. The van der Waals surface area contributed by atoms with E-state index >= 15 is 0 Å². The minimum atomic E-state index is -0.115. The number of carbonyl (C=O) groups is 2. The molecule has 4 rings (SSSR count). The summed E-state index contributed by atoms with van der Waals surface area (Å²) in [7, 11) is 0. The van der Waals surface area contributed by atoms with Gasteiger partial charge in [-0.1, -0.05) is 18.2 Å². The summed E-state index contributed by atoms with van der Waals surface area (Å²) >= 11 is 0. The van der Waals surface area contributed by atoms with Crippen molar-refractivity contribution in [2.75, 3.05) is 18.0 Å². The average molecular weight is 436 g/mol. The summed E-state index contributed by atoms with van der Waals surface area (Å²) in [6.45, 7) is 6.21. The number of benzene rings is 1. The molecular weight excluding hydrogens is 402 g/mol. The summed E-state index contributed by atoms with van der Waals surface area (Å²) in [5, 5.41) is 2.90.